The minimum atomic E-state index is -0.902. The smallest absolute Gasteiger partial charge is 0.255 e. The Balaban J connectivity index is 1.95. The number of carbonyl (C=O) groups is 1. The van der Waals surface area contributed by atoms with Gasteiger partial charge in [0.05, 0.1) is 11.2 Å². The molecule has 0 radical (unpaired) electrons. The van der Waals surface area contributed by atoms with Crippen LogP contribution in [0.3, 0.4) is 0 Å². The van der Waals surface area contributed by atoms with Gasteiger partial charge in [-0.2, -0.15) is 0 Å². The summed E-state index contributed by atoms with van der Waals surface area (Å²) in [6.07, 6.45) is 3.08. The lowest BCUT2D eigenvalue weighted by molar-refractivity contribution is -0.0233. The fraction of sp³-hybridized carbons (Fsp3) is 0.562. The van der Waals surface area contributed by atoms with E-state index in [2.05, 4.69) is 19.2 Å². The Kier molecular flexibility index (Phi) is 4.23. The number of aromatic hydroxyl groups is 1. The zero-order valence-electron chi connectivity index (χ0n) is 12.4. The van der Waals surface area contributed by atoms with E-state index in [9.17, 15) is 19.4 Å². The average Bonchev–Trinajstić information content (AvgIpc) is 2.40. The number of hydrogen-bond acceptors (Lipinski definition) is 3. The minimum Gasteiger partial charge on any atom is -0.507 e. The summed E-state index contributed by atoms with van der Waals surface area (Å²) in [6, 6.07) is 3.24. The Hall–Kier alpha value is -1.62. The first kappa shape index (κ1) is 15.8. The summed E-state index contributed by atoms with van der Waals surface area (Å²) in [5.74, 6) is -1.51. The van der Waals surface area contributed by atoms with Crippen molar-refractivity contribution in [2.75, 3.05) is 6.54 Å². The van der Waals surface area contributed by atoms with Crippen molar-refractivity contribution < 1.29 is 19.4 Å². The molecule has 1 aliphatic carbocycles. The highest BCUT2D eigenvalue weighted by Gasteiger charge is 2.36. The number of rotatable bonds is 3. The van der Waals surface area contributed by atoms with Gasteiger partial charge >= 0.3 is 0 Å². The maximum Gasteiger partial charge on any atom is 0.255 e. The molecular formula is C16H22FNO3. The third-order valence-corrected chi connectivity index (χ3v) is 4.32. The van der Waals surface area contributed by atoms with Crippen LogP contribution in [0.15, 0.2) is 18.2 Å². The molecule has 0 saturated heterocycles. The number of phenols is 1. The molecule has 1 fully saturated rings. The van der Waals surface area contributed by atoms with Crippen molar-refractivity contribution in [1.82, 2.24) is 5.32 Å². The Morgan fingerprint density at radius 2 is 1.90 bits per heavy atom. The first-order valence-electron chi connectivity index (χ1n) is 7.20. The Labute approximate surface area is 124 Å². The van der Waals surface area contributed by atoms with E-state index in [1.807, 2.05) is 0 Å². The van der Waals surface area contributed by atoms with Crippen LogP contribution in [0, 0.1) is 11.2 Å². The third kappa shape index (κ3) is 3.94. The van der Waals surface area contributed by atoms with Gasteiger partial charge in [0.15, 0.2) is 0 Å². The number of carbonyl (C=O) groups excluding carboxylic acids is 1. The minimum absolute atomic E-state index is 0.0103. The predicted molar refractivity (Wildman–Crippen MR) is 77.6 cm³/mol. The van der Waals surface area contributed by atoms with E-state index in [1.165, 1.54) is 6.07 Å². The van der Waals surface area contributed by atoms with Gasteiger partial charge in [0, 0.05) is 12.6 Å². The molecule has 4 nitrogen and oxygen atoms in total. The molecule has 116 valence electrons. The molecule has 0 heterocycles. The topological polar surface area (TPSA) is 69.6 Å². The summed E-state index contributed by atoms with van der Waals surface area (Å²) in [5.41, 5.74) is -0.664. The highest BCUT2D eigenvalue weighted by atomic mass is 19.1. The van der Waals surface area contributed by atoms with Gasteiger partial charge in [-0.3, -0.25) is 4.79 Å². The lowest BCUT2D eigenvalue weighted by Gasteiger charge is -2.40. The second-order valence-electron chi connectivity index (χ2n) is 6.73. The zero-order valence-corrected chi connectivity index (χ0v) is 12.4. The Morgan fingerprint density at radius 3 is 2.48 bits per heavy atom. The molecule has 0 spiro atoms. The van der Waals surface area contributed by atoms with E-state index in [-0.39, 0.29) is 17.5 Å². The Bertz CT molecular complexity index is 532. The second kappa shape index (κ2) is 5.64. The maximum atomic E-state index is 12.9. The lowest BCUT2D eigenvalue weighted by atomic mass is 9.71. The average molecular weight is 295 g/mol. The molecule has 0 aliphatic heterocycles. The summed E-state index contributed by atoms with van der Waals surface area (Å²) in [6.45, 7) is 4.47. The van der Waals surface area contributed by atoms with Crippen molar-refractivity contribution in [3.05, 3.63) is 29.6 Å². The number of hydrogen-bond donors (Lipinski definition) is 3. The monoisotopic (exact) mass is 295 g/mol. The third-order valence-electron chi connectivity index (χ3n) is 4.32. The van der Waals surface area contributed by atoms with Gasteiger partial charge in [0.1, 0.15) is 11.6 Å². The molecule has 0 atom stereocenters. The number of phenolic OH excluding ortho intramolecular Hbond substituents is 1. The van der Waals surface area contributed by atoms with Crippen LogP contribution in [0.1, 0.15) is 49.9 Å². The number of benzene rings is 1. The molecule has 1 saturated carbocycles. The summed E-state index contributed by atoms with van der Waals surface area (Å²) in [5, 5.41) is 22.7. The summed E-state index contributed by atoms with van der Waals surface area (Å²) in [7, 11) is 0. The van der Waals surface area contributed by atoms with Crippen molar-refractivity contribution in [2.24, 2.45) is 5.41 Å². The van der Waals surface area contributed by atoms with Crippen molar-refractivity contribution in [3.63, 3.8) is 0 Å². The van der Waals surface area contributed by atoms with E-state index >= 15 is 0 Å². The molecule has 1 amide bonds. The summed E-state index contributed by atoms with van der Waals surface area (Å²) in [4.78, 5) is 12.0. The molecule has 21 heavy (non-hydrogen) atoms. The van der Waals surface area contributed by atoms with Crippen LogP contribution in [-0.4, -0.2) is 28.3 Å². The van der Waals surface area contributed by atoms with Crippen LogP contribution >= 0.6 is 0 Å². The fourth-order valence-corrected chi connectivity index (χ4v) is 2.61. The van der Waals surface area contributed by atoms with Gasteiger partial charge in [-0.15, -0.1) is 0 Å². The van der Waals surface area contributed by atoms with Crippen LogP contribution in [0.2, 0.25) is 0 Å². The van der Waals surface area contributed by atoms with Gasteiger partial charge in [0.2, 0.25) is 0 Å². The van der Waals surface area contributed by atoms with Crippen LogP contribution in [-0.2, 0) is 0 Å². The molecule has 1 aromatic carbocycles. The van der Waals surface area contributed by atoms with Crippen molar-refractivity contribution in [2.45, 2.75) is 45.1 Å². The largest absolute Gasteiger partial charge is 0.507 e. The SMILES string of the molecule is CC1(C)CCC(O)(CNC(=O)c2ccc(F)cc2O)CC1. The normalized spacial score (nSPS) is 20.0. The molecule has 3 N–H and O–H groups in total. The maximum absolute atomic E-state index is 12.9. The number of aliphatic hydroxyl groups is 1. The van der Waals surface area contributed by atoms with E-state index < -0.39 is 23.1 Å². The van der Waals surface area contributed by atoms with Crippen LogP contribution in [0.5, 0.6) is 5.75 Å². The van der Waals surface area contributed by atoms with E-state index in [4.69, 9.17) is 0 Å². The molecule has 1 aromatic rings. The van der Waals surface area contributed by atoms with Gasteiger partial charge in [-0.25, -0.2) is 4.39 Å². The predicted octanol–water partition coefficient (Wildman–Crippen LogP) is 2.59. The van der Waals surface area contributed by atoms with Crippen LogP contribution < -0.4 is 5.32 Å². The van der Waals surface area contributed by atoms with Gasteiger partial charge in [-0.1, -0.05) is 13.8 Å². The van der Waals surface area contributed by atoms with E-state index in [0.29, 0.717) is 12.8 Å². The highest BCUT2D eigenvalue weighted by molar-refractivity contribution is 5.96. The van der Waals surface area contributed by atoms with E-state index in [0.717, 1.165) is 25.0 Å². The first-order chi connectivity index (χ1) is 9.71. The molecule has 2 rings (SSSR count). The van der Waals surface area contributed by atoms with E-state index in [1.54, 1.807) is 0 Å². The van der Waals surface area contributed by atoms with Gasteiger partial charge < -0.3 is 15.5 Å². The number of nitrogens with one attached hydrogen (secondary N) is 1. The molecule has 0 aromatic heterocycles. The first-order valence-corrected chi connectivity index (χ1v) is 7.20. The number of amides is 1. The van der Waals surface area contributed by atoms with Gasteiger partial charge in [0.25, 0.3) is 5.91 Å². The Morgan fingerprint density at radius 1 is 1.29 bits per heavy atom. The molecular weight excluding hydrogens is 273 g/mol. The van der Waals surface area contributed by atoms with Crippen molar-refractivity contribution >= 4 is 5.91 Å². The molecule has 5 heteroatoms. The standard InChI is InChI=1S/C16H22FNO3/c1-15(2)5-7-16(21,8-6-15)10-18-14(20)12-4-3-11(17)9-13(12)19/h3-4,9,19,21H,5-8,10H2,1-2H3,(H,18,20). The zero-order chi connectivity index (χ0) is 15.7. The van der Waals surface area contributed by atoms with Crippen molar-refractivity contribution in [3.8, 4) is 5.75 Å². The molecule has 0 bridgehead atoms. The summed E-state index contributed by atoms with van der Waals surface area (Å²) < 4.78 is 12.9. The van der Waals surface area contributed by atoms with Gasteiger partial charge in [-0.05, 0) is 43.2 Å². The highest BCUT2D eigenvalue weighted by Crippen LogP contribution is 2.39. The van der Waals surface area contributed by atoms with Crippen LogP contribution in [0.4, 0.5) is 4.39 Å². The summed E-state index contributed by atoms with van der Waals surface area (Å²) >= 11 is 0. The quantitative estimate of drug-likeness (QED) is 0.803. The lowest BCUT2D eigenvalue weighted by Crippen LogP contribution is -2.46. The fourth-order valence-electron chi connectivity index (χ4n) is 2.61. The molecule has 1 aliphatic rings. The second-order valence-corrected chi connectivity index (χ2v) is 6.73. The number of halogens is 1. The van der Waals surface area contributed by atoms with Crippen LogP contribution in [0.25, 0.3) is 0 Å². The molecule has 0 unspecified atom stereocenters. The van der Waals surface area contributed by atoms with Crippen molar-refractivity contribution in [1.29, 1.82) is 0 Å².